The summed E-state index contributed by atoms with van der Waals surface area (Å²) in [5.41, 5.74) is 5.35. The van der Waals surface area contributed by atoms with Crippen molar-refractivity contribution in [2.45, 2.75) is 44.6 Å². The summed E-state index contributed by atoms with van der Waals surface area (Å²) in [7, 11) is 4.06. The van der Waals surface area contributed by atoms with E-state index in [0.717, 1.165) is 51.6 Å². The fraction of sp³-hybridized carbons (Fsp3) is 0.857. The largest absolute Gasteiger partial charge is 0.392 e. The number of hydrogen-bond acceptors (Lipinski definition) is 3. The molecule has 0 radical (unpaired) electrons. The van der Waals surface area contributed by atoms with E-state index >= 15 is 0 Å². The first-order chi connectivity index (χ1) is 8.97. The zero-order valence-electron chi connectivity index (χ0n) is 12.0. The van der Waals surface area contributed by atoms with Gasteiger partial charge in [0.1, 0.15) is 0 Å². The Morgan fingerprint density at radius 2 is 1.84 bits per heavy atom. The highest BCUT2D eigenvalue weighted by Gasteiger charge is 2.46. The molecule has 1 aliphatic heterocycles. The third-order valence-corrected chi connectivity index (χ3v) is 5.29. The van der Waals surface area contributed by atoms with Gasteiger partial charge in [-0.3, -0.25) is 4.79 Å². The zero-order valence-corrected chi connectivity index (χ0v) is 12.8. The molecule has 2 aliphatic rings. The van der Waals surface area contributed by atoms with E-state index in [2.05, 4.69) is 11.9 Å². The lowest BCUT2D eigenvalue weighted by atomic mass is 9.83. The second kappa shape index (κ2) is 5.75. The summed E-state index contributed by atoms with van der Waals surface area (Å²) in [6.07, 6.45) is 5.88. The number of carbonyl (C=O) groups excluding carboxylic acids is 1. The number of nitrogens with zero attached hydrogens (tertiary/aromatic N) is 2. The Bertz CT molecular complexity index is 358. The SMILES string of the molecule is CN1CCC(N(C)C(=O)C2(C(N)=S)CCCC2)CC1. The van der Waals surface area contributed by atoms with Crippen molar-refractivity contribution in [1.82, 2.24) is 9.80 Å². The maximum absolute atomic E-state index is 12.8. The molecule has 4 nitrogen and oxygen atoms in total. The van der Waals surface area contributed by atoms with Gasteiger partial charge in [-0.15, -0.1) is 0 Å². The average Bonchev–Trinajstić information content (AvgIpc) is 2.88. The highest BCUT2D eigenvalue weighted by atomic mass is 32.1. The molecule has 108 valence electrons. The molecule has 0 atom stereocenters. The average molecular weight is 283 g/mol. The van der Waals surface area contributed by atoms with Crippen LogP contribution in [0, 0.1) is 5.41 Å². The second-order valence-electron chi connectivity index (χ2n) is 6.10. The van der Waals surface area contributed by atoms with Crippen molar-refractivity contribution < 1.29 is 4.79 Å². The van der Waals surface area contributed by atoms with Crippen molar-refractivity contribution in [3.05, 3.63) is 0 Å². The molecule has 0 aromatic rings. The van der Waals surface area contributed by atoms with Crippen LogP contribution in [0.5, 0.6) is 0 Å². The zero-order chi connectivity index (χ0) is 14.0. The maximum atomic E-state index is 12.8. The van der Waals surface area contributed by atoms with Crippen molar-refractivity contribution in [3.8, 4) is 0 Å². The number of nitrogens with two attached hydrogens (primary N) is 1. The third-order valence-electron chi connectivity index (χ3n) is 4.89. The molecule has 1 saturated carbocycles. The van der Waals surface area contributed by atoms with E-state index in [-0.39, 0.29) is 5.91 Å². The van der Waals surface area contributed by atoms with Crippen molar-refractivity contribution in [3.63, 3.8) is 0 Å². The number of carbonyl (C=O) groups is 1. The van der Waals surface area contributed by atoms with Gasteiger partial charge < -0.3 is 15.5 Å². The summed E-state index contributed by atoms with van der Waals surface area (Å²) in [6.45, 7) is 2.12. The predicted octanol–water partition coefficient (Wildman–Crippen LogP) is 1.39. The summed E-state index contributed by atoms with van der Waals surface area (Å²) in [5, 5.41) is 0. The van der Waals surface area contributed by atoms with Crippen LogP contribution in [-0.4, -0.2) is 53.9 Å². The van der Waals surface area contributed by atoms with Crippen molar-refractivity contribution in [2.75, 3.05) is 27.2 Å². The third kappa shape index (κ3) is 2.77. The first-order valence-electron chi connectivity index (χ1n) is 7.23. The molecule has 19 heavy (non-hydrogen) atoms. The molecule has 2 N–H and O–H groups in total. The van der Waals surface area contributed by atoms with E-state index < -0.39 is 5.41 Å². The summed E-state index contributed by atoms with van der Waals surface area (Å²) in [4.78, 5) is 17.5. The number of amides is 1. The fourth-order valence-corrected chi connectivity index (χ4v) is 3.72. The van der Waals surface area contributed by atoms with Crippen LogP contribution in [0.15, 0.2) is 0 Å². The van der Waals surface area contributed by atoms with Crippen molar-refractivity contribution >= 4 is 23.1 Å². The smallest absolute Gasteiger partial charge is 0.235 e. The minimum absolute atomic E-state index is 0.159. The number of rotatable bonds is 3. The predicted molar refractivity (Wildman–Crippen MR) is 81.0 cm³/mol. The van der Waals surface area contributed by atoms with Gasteiger partial charge in [0.2, 0.25) is 5.91 Å². The van der Waals surface area contributed by atoms with Gasteiger partial charge in [-0.1, -0.05) is 25.1 Å². The molecule has 0 aromatic heterocycles. The topological polar surface area (TPSA) is 49.6 Å². The van der Waals surface area contributed by atoms with Crippen LogP contribution in [0.25, 0.3) is 0 Å². The number of hydrogen-bond donors (Lipinski definition) is 1. The monoisotopic (exact) mass is 283 g/mol. The molecule has 0 bridgehead atoms. The van der Waals surface area contributed by atoms with Gasteiger partial charge in [-0.25, -0.2) is 0 Å². The second-order valence-corrected chi connectivity index (χ2v) is 6.54. The molecule has 1 amide bonds. The Morgan fingerprint density at radius 1 is 1.32 bits per heavy atom. The van der Waals surface area contributed by atoms with Crippen LogP contribution < -0.4 is 5.73 Å². The lowest BCUT2D eigenvalue weighted by Gasteiger charge is -2.39. The van der Waals surface area contributed by atoms with Crippen LogP contribution in [0.1, 0.15) is 38.5 Å². The maximum Gasteiger partial charge on any atom is 0.235 e. The van der Waals surface area contributed by atoms with Gasteiger partial charge in [-0.2, -0.15) is 0 Å². The summed E-state index contributed by atoms with van der Waals surface area (Å²) in [6, 6.07) is 0.343. The Hall–Kier alpha value is -0.680. The highest BCUT2D eigenvalue weighted by Crippen LogP contribution is 2.40. The normalized spacial score (nSPS) is 24.3. The number of thiocarbonyl (C=S) groups is 1. The van der Waals surface area contributed by atoms with Crippen molar-refractivity contribution in [2.24, 2.45) is 11.1 Å². The Balaban J connectivity index is 2.07. The van der Waals surface area contributed by atoms with Gasteiger partial charge in [-0.05, 0) is 45.8 Å². The Morgan fingerprint density at radius 3 is 2.32 bits per heavy atom. The summed E-state index contributed by atoms with van der Waals surface area (Å²) in [5.74, 6) is 0.159. The number of likely N-dealkylation sites (tertiary alicyclic amines) is 1. The van der Waals surface area contributed by atoms with Gasteiger partial charge >= 0.3 is 0 Å². The lowest BCUT2D eigenvalue weighted by Crippen LogP contribution is -2.53. The first-order valence-corrected chi connectivity index (χ1v) is 7.64. The molecule has 5 heteroatoms. The van der Waals surface area contributed by atoms with E-state index in [4.69, 9.17) is 18.0 Å². The van der Waals surface area contributed by atoms with E-state index in [1.807, 2.05) is 11.9 Å². The summed E-state index contributed by atoms with van der Waals surface area (Å²) >= 11 is 5.21. The lowest BCUT2D eigenvalue weighted by molar-refractivity contribution is -0.139. The molecule has 1 saturated heterocycles. The number of piperidine rings is 1. The Kier molecular flexibility index (Phi) is 4.46. The fourth-order valence-electron chi connectivity index (χ4n) is 3.43. The molecule has 2 rings (SSSR count). The highest BCUT2D eigenvalue weighted by molar-refractivity contribution is 7.80. The minimum Gasteiger partial charge on any atom is -0.392 e. The van der Waals surface area contributed by atoms with E-state index in [9.17, 15) is 4.79 Å². The molecule has 0 spiro atoms. The summed E-state index contributed by atoms with van der Waals surface area (Å²) < 4.78 is 0. The van der Waals surface area contributed by atoms with Crippen LogP contribution >= 0.6 is 12.2 Å². The quantitative estimate of drug-likeness (QED) is 0.795. The molecule has 0 unspecified atom stereocenters. The van der Waals surface area contributed by atoms with Gasteiger partial charge in [0, 0.05) is 13.1 Å². The molecule has 2 fully saturated rings. The van der Waals surface area contributed by atoms with Gasteiger partial charge in [0.25, 0.3) is 0 Å². The van der Waals surface area contributed by atoms with Crippen LogP contribution in [0.4, 0.5) is 0 Å². The van der Waals surface area contributed by atoms with E-state index in [0.29, 0.717) is 11.0 Å². The molecule has 1 aliphatic carbocycles. The van der Waals surface area contributed by atoms with Crippen molar-refractivity contribution in [1.29, 1.82) is 0 Å². The van der Waals surface area contributed by atoms with E-state index in [1.54, 1.807) is 0 Å². The minimum atomic E-state index is -0.548. The molecule has 0 aromatic carbocycles. The molecular weight excluding hydrogens is 258 g/mol. The molecular formula is C14H25N3OS. The van der Waals surface area contributed by atoms with Crippen LogP contribution in [0.2, 0.25) is 0 Å². The van der Waals surface area contributed by atoms with Crippen LogP contribution in [0.3, 0.4) is 0 Å². The first kappa shape index (κ1) is 14.7. The van der Waals surface area contributed by atoms with Gasteiger partial charge in [0.05, 0.1) is 10.4 Å². The Labute approximate surface area is 121 Å². The van der Waals surface area contributed by atoms with Crippen LogP contribution in [-0.2, 0) is 4.79 Å². The molecule has 1 heterocycles. The van der Waals surface area contributed by atoms with Gasteiger partial charge in [0.15, 0.2) is 0 Å². The van der Waals surface area contributed by atoms with E-state index in [1.165, 1.54) is 0 Å². The standard InChI is InChI=1S/C14H25N3OS/c1-16-9-5-11(6-10-16)17(2)13(18)14(12(15)19)7-3-4-8-14/h11H,3-10H2,1-2H3,(H2,15,19).